The Labute approximate surface area is 109 Å². The highest BCUT2D eigenvalue weighted by atomic mass is 19.1. The fraction of sp³-hybridized carbons (Fsp3) is 0.417. The molecule has 0 aliphatic rings. The normalized spacial score (nSPS) is 11.2. The van der Waals surface area contributed by atoms with Crippen molar-refractivity contribution < 1.29 is 18.8 Å². The van der Waals surface area contributed by atoms with Crippen LogP contribution < -0.4 is 5.32 Å². The summed E-state index contributed by atoms with van der Waals surface area (Å²) in [5.74, 6) is -1.49. The van der Waals surface area contributed by atoms with Gasteiger partial charge in [0.15, 0.2) is 0 Å². The molecule has 1 aromatic rings. The Kier molecular flexibility index (Phi) is 4.55. The Morgan fingerprint density at radius 2 is 2.16 bits per heavy atom. The van der Waals surface area contributed by atoms with Crippen molar-refractivity contribution in [1.82, 2.24) is 5.32 Å². The Morgan fingerprint density at radius 1 is 1.53 bits per heavy atom. The van der Waals surface area contributed by atoms with Crippen LogP contribution in [0.25, 0.3) is 0 Å². The van der Waals surface area contributed by atoms with E-state index >= 15 is 0 Å². The van der Waals surface area contributed by atoms with Crippen LogP contribution in [0.2, 0.25) is 0 Å². The Hall–Kier alpha value is -2.02. The zero-order valence-corrected chi connectivity index (χ0v) is 10.9. The highest BCUT2D eigenvalue weighted by molar-refractivity contribution is 5.94. The van der Waals surface area contributed by atoms with E-state index in [2.05, 4.69) is 5.32 Å². The van der Waals surface area contributed by atoms with Crippen molar-refractivity contribution in [3.63, 3.8) is 0 Å². The average molecular weight is 270 g/mol. The summed E-state index contributed by atoms with van der Waals surface area (Å²) in [5.41, 5.74) is -1.25. The van der Waals surface area contributed by atoms with E-state index in [1.165, 1.54) is 13.2 Å². The van der Waals surface area contributed by atoms with Crippen molar-refractivity contribution in [3.8, 4) is 0 Å². The molecule has 0 aliphatic carbocycles. The molecule has 0 spiro atoms. The smallest absolute Gasteiger partial charge is 0.305 e. The monoisotopic (exact) mass is 270 g/mol. The summed E-state index contributed by atoms with van der Waals surface area (Å²) < 4.78 is 18.2. The standard InChI is InChI=1S/C12H15FN2O4/c1-12(2,19-3)7-14-11(16)8-4-5-9(13)10(6-8)15(17)18/h4-6H,7H2,1-3H3,(H,14,16). The molecule has 0 fully saturated rings. The first-order valence-electron chi connectivity index (χ1n) is 5.54. The molecule has 1 rings (SSSR count). The van der Waals surface area contributed by atoms with Crippen LogP contribution in [0.3, 0.4) is 0 Å². The summed E-state index contributed by atoms with van der Waals surface area (Å²) in [7, 11) is 1.51. The maximum Gasteiger partial charge on any atom is 0.305 e. The minimum Gasteiger partial charge on any atom is -0.377 e. The summed E-state index contributed by atoms with van der Waals surface area (Å²) in [5, 5.41) is 13.1. The zero-order valence-electron chi connectivity index (χ0n) is 10.9. The fourth-order valence-electron chi connectivity index (χ4n) is 1.26. The number of halogens is 1. The molecule has 0 unspecified atom stereocenters. The van der Waals surface area contributed by atoms with Gasteiger partial charge < -0.3 is 10.1 Å². The molecule has 1 aromatic carbocycles. The molecule has 0 saturated carbocycles. The van der Waals surface area contributed by atoms with Crippen LogP contribution in [0, 0.1) is 15.9 Å². The van der Waals surface area contributed by atoms with E-state index in [0.717, 1.165) is 12.1 Å². The average Bonchev–Trinajstić information content (AvgIpc) is 2.36. The van der Waals surface area contributed by atoms with Gasteiger partial charge in [0.2, 0.25) is 5.82 Å². The third-order valence-electron chi connectivity index (χ3n) is 2.63. The van der Waals surface area contributed by atoms with Crippen LogP contribution in [-0.2, 0) is 4.74 Å². The molecule has 0 aliphatic heterocycles. The molecule has 19 heavy (non-hydrogen) atoms. The summed E-state index contributed by atoms with van der Waals surface area (Å²) >= 11 is 0. The van der Waals surface area contributed by atoms with Crippen LogP contribution in [0.15, 0.2) is 18.2 Å². The number of nitro benzene ring substituents is 1. The second kappa shape index (κ2) is 5.75. The number of hydrogen-bond acceptors (Lipinski definition) is 4. The lowest BCUT2D eigenvalue weighted by atomic mass is 10.1. The first kappa shape index (κ1) is 15.0. The van der Waals surface area contributed by atoms with Crippen LogP contribution in [0.4, 0.5) is 10.1 Å². The summed E-state index contributed by atoms with van der Waals surface area (Å²) in [6.07, 6.45) is 0. The molecule has 7 heteroatoms. The number of methoxy groups -OCH3 is 1. The largest absolute Gasteiger partial charge is 0.377 e. The van der Waals surface area contributed by atoms with E-state index in [4.69, 9.17) is 4.74 Å². The first-order valence-corrected chi connectivity index (χ1v) is 5.54. The number of benzene rings is 1. The highest BCUT2D eigenvalue weighted by Gasteiger charge is 2.20. The summed E-state index contributed by atoms with van der Waals surface area (Å²) in [4.78, 5) is 21.5. The fourth-order valence-corrected chi connectivity index (χ4v) is 1.26. The third kappa shape index (κ3) is 3.99. The number of amides is 1. The van der Waals surface area contributed by atoms with Crippen molar-refractivity contribution in [3.05, 3.63) is 39.7 Å². The number of carbonyl (C=O) groups is 1. The molecule has 1 N–H and O–H groups in total. The second-order valence-electron chi connectivity index (χ2n) is 4.57. The van der Waals surface area contributed by atoms with E-state index in [1.807, 2.05) is 0 Å². The minimum absolute atomic E-state index is 0.0278. The molecule has 0 heterocycles. The van der Waals surface area contributed by atoms with Crippen LogP contribution in [0.5, 0.6) is 0 Å². The number of nitrogens with one attached hydrogen (secondary N) is 1. The predicted molar refractivity (Wildman–Crippen MR) is 66.5 cm³/mol. The van der Waals surface area contributed by atoms with E-state index in [-0.39, 0.29) is 12.1 Å². The minimum atomic E-state index is -0.973. The Morgan fingerprint density at radius 3 is 2.68 bits per heavy atom. The van der Waals surface area contributed by atoms with E-state index in [0.29, 0.717) is 0 Å². The maximum atomic E-state index is 13.1. The molecule has 0 atom stereocenters. The number of nitrogens with zero attached hydrogens (tertiary/aromatic N) is 1. The van der Waals surface area contributed by atoms with Crippen molar-refractivity contribution in [2.75, 3.05) is 13.7 Å². The molecule has 0 radical (unpaired) electrons. The van der Waals surface area contributed by atoms with Gasteiger partial charge in [0, 0.05) is 25.3 Å². The molecule has 1 amide bonds. The number of ether oxygens (including phenoxy) is 1. The molecular weight excluding hydrogens is 255 g/mol. The van der Waals surface area contributed by atoms with E-state index in [1.54, 1.807) is 13.8 Å². The van der Waals surface area contributed by atoms with Gasteiger partial charge in [0.25, 0.3) is 5.91 Å². The number of carbonyl (C=O) groups excluding carboxylic acids is 1. The van der Waals surface area contributed by atoms with Gasteiger partial charge in [-0.15, -0.1) is 0 Å². The Balaban J connectivity index is 2.84. The van der Waals surface area contributed by atoms with Gasteiger partial charge in [0.05, 0.1) is 10.5 Å². The van der Waals surface area contributed by atoms with E-state index < -0.39 is 27.9 Å². The van der Waals surface area contributed by atoms with Gasteiger partial charge in [-0.05, 0) is 26.0 Å². The third-order valence-corrected chi connectivity index (χ3v) is 2.63. The van der Waals surface area contributed by atoms with Crippen molar-refractivity contribution in [2.45, 2.75) is 19.4 Å². The number of rotatable bonds is 5. The van der Waals surface area contributed by atoms with E-state index in [9.17, 15) is 19.3 Å². The molecule has 0 bridgehead atoms. The Bertz CT molecular complexity index is 503. The predicted octanol–water partition coefficient (Wildman–Crippen LogP) is 1.89. The van der Waals surface area contributed by atoms with Gasteiger partial charge in [-0.2, -0.15) is 4.39 Å². The summed E-state index contributed by atoms with van der Waals surface area (Å²) in [6, 6.07) is 3.00. The topological polar surface area (TPSA) is 81.5 Å². The quantitative estimate of drug-likeness (QED) is 0.654. The van der Waals surface area contributed by atoms with Gasteiger partial charge >= 0.3 is 5.69 Å². The van der Waals surface area contributed by atoms with Crippen LogP contribution in [0.1, 0.15) is 24.2 Å². The molecule has 0 aromatic heterocycles. The zero-order chi connectivity index (χ0) is 14.6. The second-order valence-corrected chi connectivity index (χ2v) is 4.57. The van der Waals surface area contributed by atoms with Gasteiger partial charge in [-0.1, -0.05) is 0 Å². The lowest BCUT2D eigenvalue weighted by Crippen LogP contribution is -2.39. The van der Waals surface area contributed by atoms with Gasteiger partial charge in [0.1, 0.15) is 0 Å². The lowest BCUT2D eigenvalue weighted by molar-refractivity contribution is -0.387. The highest BCUT2D eigenvalue weighted by Crippen LogP contribution is 2.18. The van der Waals surface area contributed by atoms with Crippen molar-refractivity contribution in [1.29, 1.82) is 0 Å². The van der Waals surface area contributed by atoms with Gasteiger partial charge in [-0.3, -0.25) is 14.9 Å². The molecular formula is C12H15FN2O4. The summed E-state index contributed by atoms with van der Waals surface area (Å²) in [6.45, 7) is 3.79. The van der Waals surface area contributed by atoms with Gasteiger partial charge in [-0.25, -0.2) is 0 Å². The molecule has 104 valence electrons. The SMILES string of the molecule is COC(C)(C)CNC(=O)c1ccc(F)c([N+](=O)[O-])c1. The molecule has 0 saturated heterocycles. The van der Waals surface area contributed by atoms with Crippen LogP contribution >= 0.6 is 0 Å². The maximum absolute atomic E-state index is 13.1. The van der Waals surface area contributed by atoms with Crippen molar-refractivity contribution in [2.24, 2.45) is 0 Å². The molecule has 6 nitrogen and oxygen atoms in total. The number of hydrogen-bond donors (Lipinski definition) is 1. The van der Waals surface area contributed by atoms with Crippen molar-refractivity contribution >= 4 is 11.6 Å². The first-order chi connectivity index (χ1) is 8.76. The lowest BCUT2D eigenvalue weighted by Gasteiger charge is -2.23. The van der Waals surface area contributed by atoms with Crippen LogP contribution in [-0.4, -0.2) is 30.1 Å². The number of nitro groups is 1.